The van der Waals surface area contributed by atoms with E-state index in [9.17, 15) is 4.79 Å². The van der Waals surface area contributed by atoms with Crippen LogP contribution in [0.25, 0.3) is 0 Å². The van der Waals surface area contributed by atoms with E-state index in [2.05, 4.69) is 10.4 Å². The molecular formula is C11H17N3O. The highest BCUT2D eigenvalue weighted by Gasteiger charge is 2.24. The van der Waals surface area contributed by atoms with Crippen LogP contribution in [0.2, 0.25) is 0 Å². The minimum absolute atomic E-state index is 0.122. The lowest BCUT2D eigenvalue weighted by atomic mass is 10.1. The van der Waals surface area contributed by atoms with Crippen LogP contribution in [0.5, 0.6) is 0 Å². The first kappa shape index (κ1) is 10.2. The highest BCUT2D eigenvalue weighted by Crippen LogP contribution is 2.19. The van der Waals surface area contributed by atoms with Crippen molar-refractivity contribution in [2.24, 2.45) is 7.05 Å². The Hall–Kier alpha value is -1.32. The Morgan fingerprint density at radius 3 is 2.67 bits per heavy atom. The maximum Gasteiger partial charge on any atom is 0.224 e. The molecular weight excluding hydrogens is 190 g/mol. The molecule has 1 aliphatic rings. The zero-order chi connectivity index (χ0) is 11.0. The third kappa shape index (κ3) is 2.19. The summed E-state index contributed by atoms with van der Waals surface area (Å²) < 4.78 is 1.83. The molecule has 0 saturated heterocycles. The molecule has 1 aromatic heterocycles. The molecule has 1 amide bonds. The van der Waals surface area contributed by atoms with Crippen molar-refractivity contribution >= 4 is 5.91 Å². The number of nitrogens with zero attached hydrogens (tertiary/aromatic N) is 2. The molecule has 1 saturated carbocycles. The minimum atomic E-state index is 0.122. The molecule has 0 radical (unpaired) electrons. The van der Waals surface area contributed by atoms with Gasteiger partial charge in [0.25, 0.3) is 0 Å². The van der Waals surface area contributed by atoms with Crippen LogP contribution in [0.1, 0.15) is 29.8 Å². The van der Waals surface area contributed by atoms with E-state index in [0.717, 1.165) is 29.8 Å². The Labute approximate surface area is 89.7 Å². The molecule has 0 bridgehead atoms. The largest absolute Gasteiger partial charge is 0.353 e. The van der Waals surface area contributed by atoms with Crippen molar-refractivity contribution in [2.45, 2.75) is 39.2 Å². The van der Waals surface area contributed by atoms with Gasteiger partial charge in [-0.2, -0.15) is 5.10 Å². The summed E-state index contributed by atoms with van der Waals surface area (Å²) in [6.45, 7) is 3.95. The summed E-state index contributed by atoms with van der Waals surface area (Å²) in [4.78, 5) is 11.6. The molecule has 0 unspecified atom stereocenters. The average Bonchev–Trinajstić information content (AvgIpc) is 2.92. The predicted molar refractivity (Wildman–Crippen MR) is 57.6 cm³/mol. The van der Waals surface area contributed by atoms with Crippen LogP contribution in [0.15, 0.2) is 0 Å². The van der Waals surface area contributed by atoms with Crippen molar-refractivity contribution < 1.29 is 4.79 Å². The van der Waals surface area contributed by atoms with Crippen molar-refractivity contribution in [1.29, 1.82) is 0 Å². The highest BCUT2D eigenvalue weighted by atomic mass is 16.1. The number of amides is 1. The normalized spacial score (nSPS) is 15.4. The molecule has 1 aromatic rings. The maximum absolute atomic E-state index is 11.6. The molecule has 1 fully saturated rings. The Kier molecular flexibility index (Phi) is 2.50. The number of carbonyl (C=O) groups excluding carboxylic acids is 1. The molecule has 0 spiro atoms. The van der Waals surface area contributed by atoms with Gasteiger partial charge in [0.2, 0.25) is 5.91 Å². The SMILES string of the molecule is Cc1nn(C)c(C)c1CC(=O)NC1CC1. The second-order valence-corrected chi connectivity index (χ2v) is 4.29. The van der Waals surface area contributed by atoms with E-state index in [1.54, 1.807) is 0 Å². The Balaban J connectivity index is 2.05. The molecule has 0 atom stereocenters. The van der Waals surface area contributed by atoms with Gasteiger partial charge in [-0.25, -0.2) is 0 Å². The van der Waals surface area contributed by atoms with E-state index in [-0.39, 0.29) is 5.91 Å². The number of hydrogen-bond donors (Lipinski definition) is 1. The highest BCUT2D eigenvalue weighted by molar-refractivity contribution is 5.79. The average molecular weight is 207 g/mol. The van der Waals surface area contributed by atoms with Crippen LogP contribution in [0.3, 0.4) is 0 Å². The summed E-state index contributed by atoms with van der Waals surface area (Å²) >= 11 is 0. The third-order valence-corrected chi connectivity index (χ3v) is 2.94. The van der Waals surface area contributed by atoms with Gasteiger partial charge in [0.05, 0.1) is 12.1 Å². The van der Waals surface area contributed by atoms with E-state index in [1.807, 2.05) is 25.6 Å². The van der Waals surface area contributed by atoms with Crippen LogP contribution in [0, 0.1) is 13.8 Å². The Morgan fingerprint density at radius 2 is 2.20 bits per heavy atom. The van der Waals surface area contributed by atoms with Crippen LogP contribution in [0.4, 0.5) is 0 Å². The standard InChI is InChI=1S/C11H17N3O/c1-7-10(8(2)14(3)13-7)6-11(15)12-9-4-5-9/h9H,4-6H2,1-3H3,(H,12,15). The van der Waals surface area contributed by atoms with Gasteiger partial charge >= 0.3 is 0 Å². The zero-order valence-corrected chi connectivity index (χ0v) is 9.50. The lowest BCUT2D eigenvalue weighted by Crippen LogP contribution is -2.27. The van der Waals surface area contributed by atoms with E-state index < -0.39 is 0 Å². The molecule has 0 aliphatic heterocycles. The number of hydrogen-bond acceptors (Lipinski definition) is 2. The number of aromatic nitrogens is 2. The Bertz CT molecular complexity index is 391. The fourth-order valence-electron chi connectivity index (χ4n) is 1.74. The predicted octanol–water partition coefficient (Wildman–Crippen LogP) is 0.858. The minimum Gasteiger partial charge on any atom is -0.353 e. The molecule has 4 nitrogen and oxygen atoms in total. The Morgan fingerprint density at radius 1 is 1.53 bits per heavy atom. The van der Waals surface area contributed by atoms with Gasteiger partial charge in [-0.05, 0) is 26.7 Å². The molecule has 2 rings (SSSR count). The lowest BCUT2D eigenvalue weighted by molar-refractivity contribution is -0.120. The maximum atomic E-state index is 11.6. The fraction of sp³-hybridized carbons (Fsp3) is 0.636. The van der Waals surface area contributed by atoms with E-state index in [4.69, 9.17) is 0 Å². The molecule has 1 N–H and O–H groups in total. The smallest absolute Gasteiger partial charge is 0.224 e. The first-order chi connectivity index (χ1) is 7.08. The first-order valence-corrected chi connectivity index (χ1v) is 5.36. The second-order valence-electron chi connectivity index (χ2n) is 4.29. The van der Waals surface area contributed by atoms with Crippen LogP contribution >= 0.6 is 0 Å². The van der Waals surface area contributed by atoms with Gasteiger partial charge in [-0.3, -0.25) is 9.48 Å². The molecule has 0 aromatic carbocycles. The molecule has 1 aliphatic carbocycles. The number of carbonyl (C=O) groups is 1. The number of rotatable bonds is 3. The van der Waals surface area contributed by atoms with Crippen molar-refractivity contribution in [2.75, 3.05) is 0 Å². The number of aryl methyl sites for hydroxylation is 2. The van der Waals surface area contributed by atoms with E-state index >= 15 is 0 Å². The molecule has 15 heavy (non-hydrogen) atoms. The summed E-state index contributed by atoms with van der Waals surface area (Å²) in [7, 11) is 1.91. The topological polar surface area (TPSA) is 46.9 Å². The lowest BCUT2D eigenvalue weighted by Gasteiger charge is -2.03. The number of nitrogens with one attached hydrogen (secondary N) is 1. The quantitative estimate of drug-likeness (QED) is 0.799. The summed E-state index contributed by atoms with van der Waals surface area (Å²) in [6, 6.07) is 0.440. The first-order valence-electron chi connectivity index (χ1n) is 5.36. The summed E-state index contributed by atoms with van der Waals surface area (Å²) in [5.74, 6) is 0.122. The molecule has 1 heterocycles. The van der Waals surface area contributed by atoms with E-state index in [0.29, 0.717) is 12.5 Å². The summed E-state index contributed by atoms with van der Waals surface area (Å²) in [5.41, 5.74) is 3.11. The third-order valence-electron chi connectivity index (χ3n) is 2.94. The van der Waals surface area contributed by atoms with Crippen molar-refractivity contribution in [3.8, 4) is 0 Å². The van der Waals surface area contributed by atoms with Gasteiger partial charge in [0.15, 0.2) is 0 Å². The van der Waals surface area contributed by atoms with E-state index in [1.165, 1.54) is 0 Å². The van der Waals surface area contributed by atoms with Crippen LogP contribution in [-0.2, 0) is 18.3 Å². The van der Waals surface area contributed by atoms with Crippen LogP contribution < -0.4 is 5.32 Å². The second kappa shape index (κ2) is 3.68. The summed E-state index contributed by atoms with van der Waals surface area (Å²) in [5, 5.41) is 7.29. The molecule has 4 heteroatoms. The van der Waals surface area contributed by atoms with Gasteiger partial charge in [0.1, 0.15) is 0 Å². The van der Waals surface area contributed by atoms with Gasteiger partial charge < -0.3 is 5.32 Å². The van der Waals surface area contributed by atoms with Gasteiger partial charge in [-0.1, -0.05) is 0 Å². The van der Waals surface area contributed by atoms with Crippen molar-refractivity contribution in [3.63, 3.8) is 0 Å². The van der Waals surface area contributed by atoms with Crippen molar-refractivity contribution in [1.82, 2.24) is 15.1 Å². The van der Waals surface area contributed by atoms with Crippen LogP contribution in [-0.4, -0.2) is 21.7 Å². The summed E-state index contributed by atoms with van der Waals surface area (Å²) in [6.07, 6.45) is 2.73. The van der Waals surface area contributed by atoms with Gasteiger partial charge in [-0.15, -0.1) is 0 Å². The molecule has 82 valence electrons. The zero-order valence-electron chi connectivity index (χ0n) is 9.50. The fourth-order valence-corrected chi connectivity index (χ4v) is 1.74. The van der Waals surface area contributed by atoms with Gasteiger partial charge in [0, 0.05) is 24.3 Å². The monoisotopic (exact) mass is 207 g/mol. The van der Waals surface area contributed by atoms with Crippen molar-refractivity contribution in [3.05, 3.63) is 17.0 Å².